The molecule has 0 amide bonds. The van der Waals surface area contributed by atoms with Crippen LogP contribution in [0.25, 0.3) is 0 Å². The molecule has 0 saturated carbocycles. The molecule has 1 aromatic heterocycles. The summed E-state index contributed by atoms with van der Waals surface area (Å²) in [4.78, 5) is 11.7. The third-order valence-corrected chi connectivity index (χ3v) is 3.13. The van der Waals surface area contributed by atoms with Gasteiger partial charge in [0.25, 0.3) is 5.82 Å². The van der Waals surface area contributed by atoms with Gasteiger partial charge in [0.2, 0.25) is 0 Å². The van der Waals surface area contributed by atoms with Crippen molar-refractivity contribution in [3.63, 3.8) is 0 Å². The second-order valence-corrected chi connectivity index (χ2v) is 4.60. The molecule has 3 rings (SSSR count). The minimum atomic E-state index is -0.580. The molecule has 2 aromatic rings. The lowest BCUT2D eigenvalue weighted by molar-refractivity contribution is 0.0501. The van der Waals surface area contributed by atoms with E-state index in [-0.39, 0.29) is 30.9 Å². The zero-order valence-corrected chi connectivity index (χ0v) is 11.3. The van der Waals surface area contributed by atoms with Crippen LogP contribution in [0.4, 0.5) is 4.39 Å². The highest BCUT2D eigenvalue weighted by atomic mass is 19.1. The predicted molar refractivity (Wildman–Crippen MR) is 68.3 cm³/mol. The average molecular weight is 292 g/mol. The van der Waals surface area contributed by atoms with Gasteiger partial charge >= 0.3 is 5.97 Å². The third kappa shape index (κ3) is 2.69. The molecule has 0 saturated heterocycles. The molecule has 2 heterocycles. The molecule has 1 unspecified atom stereocenters. The molecule has 1 atom stereocenters. The number of hydrogen-bond acceptors (Lipinski definition) is 6. The molecule has 0 bridgehead atoms. The third-order valence-electron chi connectivity index (χ3n) is 3.13. The van der Waals surface area contributed by atoms with Gasteiger partial charge in [0.05, 0.1) is 13.2 Å². The van der Waals surface area contributed by atoms with Crippen molar-refractivity contribution in [2.45, 2.75) is 26.0 Å². The van der Waals surface area contributed by atoms with Crippen LogP contribution < -0.4 is 4.74 Å². The predicted octanol–water partition coefficient (Wildman–Crippen LogP) is 0.993. The Balaban J connectivity index is 1.72. The van der Waals surface area contributed by atoms with Gasteiger partial charge in [-0.3, -0.25) is 0 Å². The van der Waals surface area contributed by atoms with Crippen LogP contribution >= 0.6 is 0 Å². The number of tetrazole rings is 1. The first-order valence-corrected chi connectivity index (χ1v) is 6.55. The molecule has 0 fully saturated rings. The number of carbonyl (C=O) groups excluding carboxylic acids is 1. The highest BCUT2D eigenvalue weighted by Crippen LogP contribution is 2.29. The Morgan fingerprint density at radius 3 is 3.24 bits per heavy atom. The molecule has 1 aromatic carbocycles. The van der Waals surface area contributed by atoms with Gasteiger partial charge in [-0.2, -0.15) is 0 Å². The van der Waals surface area contributed by atoms with Gasteiger partial charge in [-0.1, -0.05) is 0 Å². The first-order chi connectivity index (χ1) is 10.2. The van der Waals surface area contributed by atoms with Gasteiger partial charge in [-0.05, 0) is 35.5 Å². The number of fused-ring (bicyclic) bond motifs is 1. The van der Waals surface area contributed by atoms with Crippen LogP contribution in [0.1, 0.15) is 23.1 Å². The molecule has 1 aliphatic rings. The second-order valence-electron chi connectivity index (χ2n) is 4.60. The van der Waals surface area contributed by atoms with E-state index in [9.17, 15) is 9.18 Å². The number of esters is 1. The maximum atomic E-state index is 13.2. The van der Waals surface area contributed by atoms with Gasteiger partial charge in [-0.15, -0.1) is 5.10 Å². The van der Waals surface area contributed by atoms with Gasteiger partial charge in [0.15, 0.2) is 0 Å². The zero-order chi connectivity index (χ0) is 14.8. The normalized spacial score (nSPS) is 16.4. The summed E-state index contributed by atoms with van der Waals surface area (Å²) in [6.07, 6.45) is 0.286. The zero-order valence-electron chi connectivity index (χ0n) is 11.3. The summed E-state index contributed by atoms with van der Waals surface area (Å²) in [6, 6.07) is 4.39. The van der Waals surface area contributed by atoms with Gasteiger partial charge in [-0.25, -0.2) is 13.9 Å². The lowest BCUT2D eigenvalue weighted by Gasteiger charge is -2.11. The maximum Gasteiger partial charge on any atom is 0.378 e. The molecular formula is C13H13FN4O3. The fourth-order valence-corrected chi connectivity index (χ4v) is 2.25. The number of hydrogen-bond donors (Lipinski definition) is 0. The summed E-state index contributed by atoms with van der Waals surface area (Å²) in [5, 5.41) is 10.9. The van der Waals surface area contributed by atoms with E-state index in [2.05, 4.69) is 15.5 Å². The van der Waals surface area contributed by atoms with Gasteiger partial charge < -0.3 is 9.47 Å². The van der Waals surface area contributed by atoms with Crippen LogP contribution in [0.5, 0.6) is 5.75 Å². The molecule has 8 heteroatoms. The molecule has 21 heavy (non-hydrogen) atoms. The minimum Gasteiger partial charge on any atom is -0.488 e. The fourth-order valence-electron chi connectivity index (χ4n) is 2.25. The molecule has 0 aliphatic carbocycles. The minimum absolute atomic E-state index is 0.0302. The maximum absolute atomic E-state index is 13.2. The van der Waals surface area contributed by atoms with Gasteiger partial charge in [0, 0.05) is 12.0 Å². The van der Waals surface area contributed by atoms with E-state index in [1.165, 1.54) is 16.8 Å². The molecule has 0 N–H and O–H groups in total. The smallest absolute Gasteiger partial charge is 0.378 e. The van der Waals surface area contributed by atoms with Crippen LogP contribution in [0.2, 0.25) is 0 Å². The van der Waals surface area contributed by atoms with Crippen molar-refractivity contribution < 1.29 is 18.7 Å². The monoisotopic (exact) mass is 292 g/mol. The number of halogens is 1. The van der Waals surface area contributed by atoms with Crippen molar-refractivity contribution >= 4 is 5.97 Å². The molecule has 0 spiro atoms. The van der Waals surface area contributed by atoms with Crippen LogP contribution in [-0.2, 0) is 17.7 Å². The summed E-state index contributed by atoms with van der Waals surface area (Å²) >= 11 is 0. The van der Waals surface area contributed by atoms with E-state index in [1.807, 2.05) is 0 Å². The van der Waals surface area contributed by atoms with E-state index in [0.717, 1.165) is 5.56 Å². The van der Waals surface area contributed by atoms with E-state index in [4.69, 9.17) is 9.47 Å². The Morgan fingerprint density at radius 2 is 2.43 bits per heavy atom. The molecule has 1 aliphatic heterocycles. The second kappa shape index (κ2) is 5.47. The quantitative estimate of drug-likeness (QED) is 0.782. The van der Waals surface area contributed by atoms with Crippen molar-refractivity contribution in [1.29, 1.82) is 0 Å². The highest BCUT2D eigenvalue weighted by Gasteiger charge is 2.26. The largest absolute Gasteiger partial charge is 0.488 e. The van der Waals surface area contributed by atoms with Crippen molar-refractivity contribution in [3.05, 3.63) is 35.4 Å². The first kappa shape index (κ1) is 13.5. The number of rotatable bonds is 4. The summed E-state index contributed by atoms with van der Waals surface area (Å²) in [5.74, 6) is -0.202. The van der Waals surface area contributed by atoms with Gasteiger partial charge in [0.1, 0.15) is 17.7 Å². The van der Waals surface area contributed by atoms with Crippen molar-refractivity contribution in [2.24, 2.45) is 0 Å². The molecule has 7 nitrogen and oxygen atoms in total. The van der Waals surface area contributed by atoms with Crippen molar-refractivity contribution in [2.75, 3.05) is 6.61 Å². The molecule has 0 radical (unpaired) electrons. The Bertz CT molecular complexity index is 673. The van der Waals surface area contributed by atoms with Crippen molar-refractivity contribution in [1.82, 2.24) is 20.2 Å². The average Bonchev–Trinajstić information content (AvgIpc) is 3.05. The summed E-state index contributed by atoms with van der Waals surface area (Å²) in [7, 11) is 0. The summed E-state index contributed by atoms with van der Waals surface area (Å²) in [6.45, 7) is 2.24. The Hall–Kier alpha value is -2.51. The van der Waals surface area contributed by atoms with Crippen LogP contribution in [0, 0.1) is 5.82 Å². The first-order valence-electron chi connectivity index (χ1n) is 6.55. The van der Waals surface area contributed by atoms with Crippen LogP contribution in [0.3, 0.4) is 0 Å². The lowest BCUT2D eigenvalue weighted by atomic mass is 10.1. The molecule has 110 valence electrons. The Labute approximate surface area is 119 Å². The number of benzene rings is 1. The Morgan fingerprint density at radius 1 is 1.57 bits per heavy atom. The fraction of sp³-hybridized carbons (Fsp3) is 0.385. The topological polar surface area (TPSA) is 79.1 Å². The number of aromatic nitrogens is 4. The lowest BCUT2D eigenvalue weighted by Crippen LogP contribution is -2.25. The number of nitrogens with zero attached hydrogens (tertiary/aromatic N) is 4. The van der Waals surface area contributed by atoms with E-state index < -0.39 is 5.97 Å². The highest BCUT2D eigenvalue weighted by molar-refractivity contribution is 5.85. The SMILES string of the molecule is CCOC(=O)c1nnnn1CC1Cc2cc(F)ccc2O1. The Kier molecular flexibility index (Phi) is 3.51. The standard InChI is InChI=1S/C13H13FN4O3/c1-2-20-13(19)12-15-16-17-18(12)7-10-6-8-5-9(14)3-4-11(8)21-10/h3-5,10H,2,6-7H2,1H3. The van der Waals surface area contributed by atoms with E-state index >= 15 is 0 Å². The van der Waals surface area contributed by atoms with Crippen LogP contribution in [0.15, 0.2) is 18.2 Å². The van der Waals surface area contributed by atoms with E-state index in [0.29, 0.717) is 12.2 Å². The summed E-state index contributed by atoms with van der Waals surface area (Å²) < 4.78 is 25.1. The van der Waals surface area contributed by atoms with Crippen molar-refractivity contribution in [3.8, 4) is 5.75 Å². The van der Waals surface area contributed by atoms with Crippen LogP contribution in [-0.4, -0.2) is 38.9 Å². The van der Waals surface area contributed by atoms with E-state index in [1.54, 1.807) is 13.0 Å². The number of carbonyl (C=O) groups is 1. The summed E-state index contributed by atoms with van der Waals surface area (Å²) in [5.41, 5.74) is 0.797. The molecular weight excluding hydrogens is 279 g/mol. The number of ether oxygens (including phenoxy) is 2.